The van der Waals surface area contributed by atoms with E-state index in [9.17, 15) is 0 Å². The molecule has 0 bridgehead atoms. The molecule has 0 aromatic carbocycles. The molecule has 0 amide bonds. The molecule has 1 aromatic rings. The first-order valence-corrected chi connectivity index (χ1v) is 5.20. The van der Waals surface area contributed by atoms with Gasteiger partial charge in [-0.15, -0.1) is 12.6 Å². The first kappa shape index (κ1) is 10.6. The highest BCUT2D eigenvalue weighted by molar-refractivity contribution is 7.80. The quantitative estimate of drug-likeness (QED) is 0.739. The van der Waals surface area contributed by atoms with E-state index in [1.807, 2.05) is 6.92 Å². The third-order valence-corrected chi connectivity index (χ3v) is 2.91. The highest BCUT2D eigenvalue weighted by Crippen LogP contribution is 2.17. The molecule has 13 heavy (non-hydrogen) atoms. The van der Waals surface area contributed by atoms with Crippen LogP contribution in [0.2, 0.25) is 0 Å². The Bertz CT molecular complexity index is 289. The number of hydrogen-bond donors (Lipinski definition) is 1. The van der Waals surface area contributed by atoms with E-state index in [0.717, 1.165) is 23.1 Å². The molecule has 0 fully saturated rings. The van der Waals surface area contributed by atoms with Crippen molar-refractivity contribution in [3.05, 3.63) is 11.4 Å². The molecule has 0 aliphatic rings. The van der Waals surface area contributed by atoms with Gasteiger partial charge in [-0.1, -0.05) is 13.8 Å². The van der Waals surface area contributed by atoms with Crippen LogP contribution in [0.5, 0.6) is 0 Å². The van der Waals surface area contributed by atoms with Crippen molar-refractivity contribution in [3.63, 3.8) is 0 Å². The van der Waals surface area contributed by atoms with Crippen molar-refractivity contribution in [2.24, 2.45) is 5.92 Å². The second-order valence-electron chi connectivity index (χ2n) is 3.93. The molecule has 0 saturated carbocycles. The first-order valence-electron chi connectivity index (χ1n) is 4.75. The minimum Gasteiger partial charge on any atom is -0.268 e. The van der Waals surface area contributed by atoms with Crippen molar-refractivity contribution in [1.29, 1.82) is 0 Å². The van der Waals surface area contributed by atoms with Crippen molar-refractivity contribution in [1.82, 2.24) is 9.78 Å². The van der Waals surface area contributed by atoms with Crippen LogP contribution >= 0.6 is 12.6 Å². The van der Waals surface area contributed by atoms with Gasteiger partial charge in [-0.2, -0.15) is 5.10 Å². The zero-order chi connectivity index (χ0) is 10.0. The maximum atomic E-state index is 4.42. The van der Waals surface area contributed by atoms with Gasteiger partial charge in [0.05, 0.1) is 5.69 Å². The molecule has 0 aliphatic heterocycles. The van der Waals surface area contributed by atoms with Gasteiger partial charge in [-0.05, 0) is 26.2 Å². The molecule has 0 atom stereocenters. The Kier molecular flexibility index (Phi) is 3.42. The summed E-state index contributed by atoms with van der Waals surface area (Å²) < 4.78 is 2.05. The third kappa shape index (κ3) is 2.50. The van der Waals surface area contributed by atoms with Crippen LogP contribution in [0, 0.1) is 19.8 Å². The Balaban J connectivity index is 2.72. The molecular formula is C10H18N2S. The van der Waals surface area contributed by atoms with Crippen molar-refractivity contribution in [2.75, 3.05) is 0 Å². The molecule has 0 spiro atoms. The van der Waals surface area contributed by atoms with E-state index in [1.165, 1.54) is 12.1 Å². The zero-order valence-corrected chi connectivity index (χ0v) is 9.73. The lowest BCUT2D eigenvalue weighted by Crippen LogP contribution is -2.05. The summed E-state index contributed by atoms with van der Waals surface area (Å²) in [6, 6.07) is 0. The summed E-state index contributed by atoms with van der Waals surface area (Å²) in [5.74, 6) is 0.729. The number of nitrogens with zero attached hydrogens (tertiary/aromatic N) is 2. The first-order chi connectivity index (χ1) is 6.02. The number of aryl methyl sites for hydroxylation is 2. The highest BCUT2D eigenvalue weighted by atomic mass is 32.1. The van der Waals surface area contributed by atoms with E-state index < -0.39 is 0 Å². The van der Waals surface area contributed by atoms with E-state index >= 15 is 0 Å². The Morgan fingerprint density at radius 2 is 2.00 bits per heavy atom. The summed E-state index contributed by atoms with van der Waals surface area (Å²) in [5.41, 5.74) is 2.21. The Labute approximate surface area is 85.7 Å². The van der Waals surface area contributed by atoms with E-state index in [0.29, 0.717) is 0 Å². The van der Waals surface area contributed by atoms with E-state index in [1.54, 1.807) is 0 Å². The smallest absolute Gasteiger partial charge is 0.0729 e. The Morgan fingerprint density at radius 1 is 1.38 bits per heavy atom. The summed E-state index contributed by atoms with van der Waals surface area (Å²) in [7, 11) is 0. The van der Waals surface area contributed by atoms with Gasteiger partial charge in [0, 0.05) is 17.1 Å². The fourth-order valence-electron chi connectivity index (χ4n) is 1.29. The number of hydrogen-bond acceptors (Lipinski definition) is 2. The summed E-state index contributed by atoms with van der Waals surface area (Å²) in [4.78, 5) is 1.03. The lowest BCUT2D eigenvalue weighted by atomic mass is 10.1. The fourth-order valence-corrected chi connectivity index (χ4v) is 1.45. The van der Waals surface area contributed by atoms with Gasteiger partial charge in [0.1, 0.15) is 0 Å². The second kappa shape index (κ2) is 4.18. The van der Waals surface area contributed by atoms with Gasteiger partial charge in [0.25, 0.3) is 0 Å². The van der Waals surface area contributed by atoms with Gasteiger partial charge in [0.15, 0.2) is 0 Å². The summed E-state index contributed by atoms with van der Waals surface area (Å²) in [6.45, 7) is 9.54. The van der Waals surface area contributed by atoms with Gasteiger partial charge in [-0.25, -0.2) is 0 Å². The molecular weight excluding hydrogens is 180 g/mol. The largest absolute Gasteiger partial charge is 0.268 e. The predicted octanol–water partition coefficient (Wildman–Crippen LogP) is 2.83. The van der Waals surface area contributed by atoms with Crippen LogP contribution in [0.4, 0.5) is 0 Å². The van der Waals surface area contributed by atoms with Crippen LogP contribution < -0.4 is 0 Å². The molecule has 0 N–H and O–H groups in total. The van der Waals surface area contributed by atoms with Crippen LogP contribution in [0.3, 0.4) is 0 Å². The minimum atomic E-state index is 0.729. The van der Waals surface area contributed by atoms with Crippen LogP contribution in [-0.2, 0) is 6.54 Å². The molecule has 2 nitrogen and oxygen atoms in total. The number of aromatic nitrogens is 2. The molecule has 0 aliphatic carbocycles. The molecule has 3 heteroatoms. The Hall–Kier alpha value is -0.440. The van der Waals surface area contributed by atoms with Crippen LogP contribution in [0.1, 0.15) is 31.7 Å². The standard InChI is InChI=1S/C10H18N2S/c1-7(2)5-6-12-9(4)10(13)8(3)11-12/h7,13H,5-6H2,1-4H3. The van der Waals surface area contributed by atoms with Crippen LogP contribution in [-0.4, -0.2) is 9.78 Å². The normalized spacial score (nSPS) is 11.2. The van der Waals surface area contributed by atoms with E-state index in [4.69, 9.17) is 0 Å². The lowest BCUT2D eigenvalue weighted by molar-refractivity contribution is 0.478. The third-order valence-electron chi connectivity index (χ3n) is 2.26. The maximum absolute atomic E-state index is 4.42. The summed E-state index contributed by atoms with van der Waals surface area (Å²) >= 11 is 4.39. The zero-order valence-electron chi connectivity index (χ0n) is 8.83. The van der Waals surface area contributed by atoms with Crippen molar-refractivity contribution >= 4 is 12.6 Å². The average molecular weight is 198 g/mol. The number of rotatable bonds is 3. The van der Waals surface area contributed by atoms with E-state index in [-0.39, 0.29) is 0 Å². The molecule has 1 rings (SSSR count). The molecule has 74 valence electrons. The SMILES string of the molecule is Cc1nn(CCC(C)C)c(C)c1S. The molecule has 0 saturated heterocycles. The van der Waals surface area contributed by atoms with Crippen molar-refractivity contribution in [2.45, 2.75) is 45.6 Å². The Morgan fingerprint density at radius 3 is 2.38 bits per heavy atom. The highest BCUT2D eigenvalue weighted by Gasteiger charge is 2.07. The van der Waals surface area contributed by atoms with Crippen LogP contribution in [0.25, 0.3) is 0 Å². The fraction of sp³-hybridized carbons (Fsp3) is 0.700. The monoisotopic (exact) mass is 198 g/mol. The van der Waals surface area contributed by atoms with Gasteiger partial charge < -0.3 is 0 Å². The van der Waals surface area contributed by atoms with Gasteiger partial charge in [0.2, 0.25) is 0 Å². The van der Waals surface area contributed by atoms with Crippen molar-refractivity contribution < 1.29 is 0 Å². The van der Waals surface area contributed by atoms with Gasteiger partial charge >= 0.3 is 0 Å². The lowest BCUT2D eigenvalue weighted by Gasteiger charge is -2.06. The molecule has 1 aromatic heterocycles. The average Bonchev–Trinajstić information content (AvgIpc) is 2.29. The second-order valence-corrected chi connectivity index (χ2v) is 4.37. The molecule has 0 radical (unpaired) electrons. The summed E-state index contributed by atoms with van der Waals surface area (Å²) in [6.07, 6.45) is 1.18. The topological polar surface area (TPSA) is 17.8 Å². The van der Waals surface area contributed by atoms with E-state index in [2.05, 4.69) is 43.2 Å². The van der Waals surface area contributed by atoms with Crippen LogP contribution in [0.15, 0.2) is 4.90 Å². The number of thiol groups is 1. The maximum Gasteiger partial charge on any atom is 0.0729 e. The van der Waals surface area contributed by atoms with Crippen molar-refractivity contribution in [3.8, 4) is 0 Å². The predicted molar refractivity (Wildman–Crippen MR) is 58.4 cm³/mol. The molecule has 1 heterocycles. The molecule has 0 unspecified atom stereocenters. The van der Waals surface area contributed by atoms with Gasteiger partial charge in [-0.3, -0.25) is 4.68 Å². The summed E-state index contributed by atoms with van der Waals surface area (Å²) in [5, 5.41) is 4.42. The minimum absolute atomic E-state index is 0.729.